The summed E-state index contributed by atoms with van der Waals surface area (Å²) in [4.78, 5) is 2.17. The molecule has 22 heavy (non-hydrogen) atoms. The van der Waals surface area contributed by atoms with Crippen LogP contribution in [-0.2, 0) is 13.6 Å². The van der Waals surface area contributed by atoms with E-state index in [4.69, 9.17) is 9.05 Å². The van der Waals surface area contributed by atoms with E-state index in [0.717, 1.165) is 21.2 Å². The van der Waals surface area contributed by atoms with E-state index in [-0.39, 0.29) is 0 Å². The van der Waals surface area contributed by atoms with Gasteiger partial charge in [-0.3, -0.25) is 4.57 Å². The Morgan fingerprint density at radius 2 is 1.68 bits per heavy atom. The van der Waals surface area contributed by atoms with E-state index in [1.54, 1.807) is 11.8 Å². The number of nitrogens with one attached hydrogen (secondary N) is 1. The average molecular weight is 335 g/mol. The predicted octanol–water partition coefficient (Wildman–Crippen LogP) is 4.79. The topological polar surface area (TPSA) is 47.6 Å². The van der Waals surface area contributed by atoms with Crippen LogP contribution in [0.5, 0.6) is 0 Å². The molecular weight excluding hydrogens is 317 g/mol. The van der Waals surface area contributed by atoms with Crippen LogP contribution in [0, 0.1) is 0 Å². The number of rotatable bonds is 5. The lowest BCUT2D eigenvalue weighted by molar-refractivity contribution is 0.230. The number of fused-ring (bicyclic) bond motifs is 2. The number of anilines is 2. The van der Waals surface area contributed by atoms with E-state index in [0.29, 0.717) is 18.5 Å². The van der Waals surface area contributed by atoms with Gasteiger partial charge in [0.1, 0.15) is 0 Å². The fourth-order valence-electron chi connectivity index (χ4n) is 2.32. The molecule has 116 valence electrons. The van der Waals surface area contributed by atoms with Crippen molar-refractivity contribution in [2.45, 2.75) is 23.6 Å². The Morgan fingerprint density at radius 1 is 1.00 bits per heavy atom. The zero-order chi connectivity index (χ0) is 15.6. The van der Waals surface area contributed by atoms with Crippen molar-refractivity contribution in [3.05, 3.63) is 42.5 Å². The fourth-order valence-corrected chi connectivity index (χ4v) is 5.03. The molecular formula is C16H18NO3PS. The van der Waals surface area contributed by atoms with Crippen molar-refractivity contribution in [3.8, 4) is 0 Å². The van der Waals surface area contributed by atoms with Crippen LogP contribution in [0.15, 0.2) is 52.3 Å². The normalized spacial score (nSPS) is 13.2. The molecule has 1 N–H and O–H groups in total. The second-order valence-electron chi connectivity index (χ2n) is 4.74. The van der Waals surface area contributed by atoms with Gasteiger partial charge in [0.2, 0.25) is 0 Å². The number of benzene rings is 2. The molecule has 1 aliphatic rings. The molecule has 6 heteroatoms. The molecule has 0 atom stereocenters. The first-order valence-electron chi connectivity index (χ1n) is 7.24. The summed E-state index contributed by atoms with van der Waals surface area (Å²) < 4.78 is 23.7. The van der Waals surface area contributed by atoms with Gasteiger partial charge in [0.15, 0.2) is 0 Å². The van der Waals surface area contributed by atoms with Crippen LogP contribution >= 0.6 is 19.4 Å². The summed E-state index contributed by atoms with van der Waals surface area (Å²) in [5.74, 6) is 0. The summed E-state index contributed by atoms with van der Waals surface area (Å²) in [6, 6.07) is 13.8. The Hall–Kier alpha value is -1.26. The van der Waals surface area contributed by atoms with Crippen LogP contribution in [0.2, 0.25) is 0 Å². The van der Waals surface area contributed by atoms with Gasteiger partial charge in [-0.2, -0.15) is 0 Å². The van der Waals surface area contributed by atoms with E-state index in [9.17, 15) is 4.57 Å². The van der Waals surface area contributed by atoms with Crippen LogP contribution in [0.3, 0.4) is 0 Å². The summed E-state index contributed by atoms with van der Waals surface area (Å²) in [6.07, 6.45) is 0. The van der Waals surface area contributed by atoms with Crippen molar-refractivity contribution in [1.82, 2.24) is 0 Å². The van der Waals surface area contributed by atoms with Crippen LogP contribution in [0.25, 0.3) is 0 Å². The summed E-state index contributed by atoms with van der Waals surface area (Å²) in [7, 11) is -3.24. The van der Waals surface area contributed by atoms with Gasteiger partial charge in [-0.15, -0.1) is 0 Å². The molecule has 0 radical (unpaired) electrons. The molecule has 0 unspecified atom stereocenters. The van der Waals surface area contributed by atoms with Crippen LogP contribution < -0.4 is 10.6 Å². The number of hydrogen-bond donors (Lipinski definition) is 1. The van der Waals surface area contributed by atoms with Gasteiger partial charge in [-0.1, -0.05) is 23.9 Å². The first-order chi connectivity index (χ1) is 10.7. The highest BCUT2D eigenvalue weighted by Gasteiger charge is 2.28. The lowest BCUT2D eigenvalue weighted by Crippen LogP contribution is -2.12. The molecule has 1 aliphatic heterocycles. The lowest BCUT2D eigenvalue weighted by Gasteiger charge is -2.23. The van der Waals surface area contributed by atoms with Gasteiger partial charge in [-0.25, -0.2) is 0 Å². The average Bonchev–Trinajstić information content (AvgIpc) is 2.53. The molecule has 2 aromatic rings. The molecule has 3 rings (SSSR count). The van der Waals surface area contributed by atoms with Gasteiger partial charge in [0, 0.05) is 9.79 Å². The zero-order valence-corrected chi connectivity index (χ0v) is 14.2. The van der Waals surface area contributed by atoms with Gasteiger partial charge in [-0.05, 0) is 44.2 Å². The minimum atomic E-state index is -3.24. The maximum Gasteiger partial charge on any atom is 0.361 e. The van der Waals surface area contributed by atoms with Gasteiger partial charge in [0.25, 0.3) is 0 Å². The molecule has 4 nitrogen and oxygen atoms in total. The summed E-state index contributed by atoms with van der Waals surface area (Å²) in [5.41, 5.74) is 2.09. The summed E-state index contributed by atoms with van der Waals surface area (Å²) in [6.45, 7) is 4.33. The lowest BCUT2D eigenvalue weighted by atomic mass is 10.2. The van der Waals surface area contributed by atoms with Crippen molar-refractivity contribution < 1.29 is 13.6 Å². The summed E-state index contributed by atoms with van der Waals surface area (Å²) >= 11 is 1.65. The zero-order valence-electron chi connectivity index (χ0n) is 12.5. The van der Waals surface area contributed by atoms with Crippen molar-refractivity contribution in [2.75, 3.05) is 18.5 Å². The highest BCUT2D eigenvalue weighted by atomic mass is 32.2. The van der Waals surface area contributed by atoms with E-state index in [2.05, 4.69) is 11.4 Å². The molecule has 0 saturated heterocycles. The van der Waals surface area contributed by atoms with E-state index < -0.39 is 7.60 Å². The maximum atomic E-state index is 12.9. The van der Waals surface area contributed by atoms with Crippen LogP contribution in [-0.4, -0.2) is 13.2 Å². The molecule has 0 amide bonds. The standard InChI is InChI=1S/C16H18NO3PS/c1-3-19-21(18,20-4-2)12-9-10-14-16(11-12)22-15-8-6-5-7-13(15)17-14/h5-11,17H,3-4H2,1-2H3. The molecule has 0 saturated carbocycles. The van der Waals surface area contributed by atoms with Gasteiger partial charge < -0.3 is 14.4 Å². The quantitative estimate of drug-likeness (QED) is 0.680. The SMILES string of the molecule is CCOP(=O)(OCC)c1ccc2c(c1)Sc1ccccc1N2. The first-order valence-corrected chi connectivity index (χ1v) is 9.60. The first kappa shape index (κ1) is 15.6. The molecule has 0 aromatic heterocycles. The third kappa shape index (κ3) is 2.95. The van der Waals surface area contributed by atoms with Crippen molar-refractivity contribution >= 4 is 36.0 Å². The van der Waals surface area contributed by atoms with E-state index >= 15 is 0 Å². The molecule has 0 aliphatic carbocycles. The molecule has 1 heterocycles. The highest BCUT2D eigenvalue weighted by Crippen LogP contribution is 2.50. The minimum absolute atomic E-state index is 0.350. The largest absolute Gasteiger partial charge is 0.361 e. The highest BCUT2D eigenvalue weighted by molar-refractivity contribution is 7.99. The second kappa shape index (κ2) is 6.47. The third-order valence-electron chi connectivity index (χ3n) is 3.26. The Balaban J connectivity index is 1.97. The fraction of sp³-hybridized carbons (Fsp3) is 0.250. The number of hydrogen-bond acceptors (Lipinski definition) is 5. The Kier molecular flexibility index (Phi) is 4.59. The summed E-state index contributed by atoms with van der Waals surface area (Å²) in [5, 5.41) is 3.99. The monoisotopic (exact) mass is 335 g/mol. The smallest absolute Gasteiger partial charge is 0.354 e. The second-order valence-corrected chi connectivity index (χ2v) is 7.85. The molecule has 0 bridgehead atoms. The van der Waals surface area contributed by atoms with Gasteiger partial charge in [0.05, 0.1) is 29.9 Å². The van der Waals surface area contributed by atoms with Gasteiger partial charge >= 0.3 is 7.60 Å². The Morgan fingerprint density at radius 3 is 2.41 bits per heavy atom. The van der Waals surface area contributed by atoms with Crippen LogP contribution in [0.4, 0.5) is 11.4 Å². The Bertz CT molecular complexity index is 725. The minimum Gasteiger partial charge on any atom is -0.354 e. The maximum absolute atomic E-state index is 12.9. The van der Waals surface area contributed by atoms with E-state index in [1.807, 2.05) is 50.2 Å². The molecule has 2 aromatic carbocycles. The van der Waals surface area contributed by atoms with Crippen molar-refractivity contribution in [3.63, 3.8) is 0 Å². The van der Waals surface area contributed by atoms with Crippen molar-refractivity contribution in [2.24, 2.45) is 0 Å². The third-order valence-corrected chi connectivity index (χ3v) is 6.50. The molecule has 0 fully saturated rings. The Labute approximate surface area is 134 Å². The number of para-hydroxylation sites is 1. The predicted molar refractivity (Wildman–Crippen MR) is 90.8 cm³/mol. The molecule has 0 spiro atoms. The van der Waals surface area contributed by atoms with E-state index in [1.165, 1.54) is 0 Å². The van der Waals surface area contributed by atoms with Crippen LogP contribution in [0.1, 0.15) is 13.8 Å². The van der Waals surface area contributed by atoms with Crippen molar-refractivity contribution in [1.29, 1.82) is 0 Å².